The summed E-state index contributed by atoms with van der Waals surface area (Å²) in [6, 6.07) is 4.15. The fourth-order valence-electron chi connectivity index (χ4n) is 1.60. The van der Waals surface area contributed by atoms with E-state index >= 15 is 0 Å². The summed E-state index contributed by atoms with van der Waals surface area (Å²) in [6.45, 7) is 0. The minimum atomic E-state index is 1.07. The maximum atomic E-state index is 4.12. The number of allylic oxidation sites excluding steroid dienone is 2. The van der Waals surface area contributed by atoms with Crippen LogP contribution in [0.25, 0.3) is 0 Å². The maximum Gasteiger partial charge on any atom is 0.0308 e. The quantitative estimate of drug-likeness (QED) is 0.745. The van der Waals surface area contributed by atoms with Crippen LogP contribution in [0.5, 0.6) is 0 Å². The summed E-state index contributed by atoms with van der Waals surface area (Å²) in [5.74, 6) is 1.07. The van der Waals surface area contributed by atoms with Crippen molar-refractivity contribution in [2.75, 3.05) is 0 Å². The third-order valence-electron chi connectivity index (χ3n) is 2.40. The van der Waals surface area contributed by atoms with Gasteiger partial charge in [0.25, 0.3) is 0 Å². The minimum Gasteiger partial charge on any atom is -0.264 e. The van der Waals surface area contributed by atoms with Gasteiger partial charge in [-0.25, -0.2) is 0 Å². The van der Waals surface area contributed by atoms with Crippen LogP contribution >= 0.6 is 11.8 Å². The van der Waals surface area contributed by atoms with Gasteiger partial charge in [0.15, 0.2) is 0 Å². The molecule has 1 nitrogen and oxygen atoms in total. The van der Waals surface area contributed by atoms with E-state index in [0.29, 0.717) is 0 Å². The molecule has 1 aromatic heterocycles. The van der Waals surface area contributed by atoms with Gasteiger partial charge in [0.05, 0.1) is 0 Å². The number of hydrogen-bond donors (Lipinski definition) is 0. The summed E-state index contributed by atoms with van der Waals surface area (Å²) in [5.41, 5.74) is 1.32. The van der Waals surface area contributed by atoms with Crippen LogP contribution in [0.3, 0.4) is 0 Å². The van der Waals surface area contributed by atoms with E-state index in [4.69, 9.17) is 0 Å². The largest absolute Gasteiger partial charge is 0.264 e. The smallest absolute Gasteiger partial charge is 0.0308 e. The standard InChI is InChI=1S/C12H15NS/c1-2-6-12(7-3-1)14-10-11-5-4-8-13-9-11/h4-6,8-9H,1-3,7,10H2. The van der Waals surface area contributed by atoms with Gasteiger partial charge in [-0.2, -0.15) is 0 Å². The number of aromatic nitrogens is 1. The van der Waals surface area contributed by atoms with E-state index in [9.17, 15) is 0 Å². The first-order chi connectivity index (χ1) is 6.95. The predicted octanol–water partition coefficient (Wildman–Crippen LogP) is 3.77. The van der Waals surface area contributed by atoms with Crippen molar-refractivity contribution in [3.05, 3.63) is 41.1 Å². The van der Waals surface area contributed by atoms with Crippen LogP contribution in [0, 0.1) is 0 Å². The molecule has 0 unspecified atom stereocenters. The average Bonchev–Trinajstić information content (AvgIpc) is 2.29. The summed E-state index contributed by atoms with van der Waals surface area (Å²) in [6.07, 6.45) is 11.5. The Kier molecular flexibility index (Phi) is 3.64. The van der Waals surface area contributed by atoms with E-state index < -0.39 is 0 Å². The molecule has 0 atom stereocenters. The Bertz CT molecular complexity index is 305. The Balaban J connectivity index is 1.85. The Labute approximate surface area is 89.6 Å². The fourth-order valence-corrected chi connectivity index (χ4v) is 2.65. The Hall–Kier alpha value is -0.760. The van der Waals surface area contributed by atoms with E-state index in [1.807, 2.05) is 30.2 Å². The van der Waals surface area contributed by atoms with E-state index in [1.54, 1.807) is 4.91 Å². The summed E-state index contributed by atoms with van der Waals surface area (Å²) >= 11 is 1.97. The molecule has 1 aliphatic carbocycles. The third kappa shape index (κ3) is 2.88. The molecule has 0 saturated heterocycles. The number of hydrogen-bond acceptors (Lipinski definition) is 2. The average molecular weight is 205 g/mol. The highest BCUT2D eigenvalue weighted by Crippen LogP contribution is 2.29. The number of pyridine rings is 1. The van der Waals surface area contributed by atoms with Gasteiger partial charge in [0, 0.05) is 18.1 Å². The maximum absolute atomic E-state index is 4.12. The summed E-state index contributed by atoms with van der Waals surface area (Å²) in [4.78, 5) is 5.69. The molecular weight excluding hydrogens is 190 g/mol. The zero-order chi connectivity index (χ0) is 9.64. The first-order valence-electron chi connectivity index (χ1n) is 5.16. The Morgan fingerprint density at radius 1 is 1.36 bits per heavy atom. The molecule has 14 heavy (non-hydrogen) atoms. The van der Waals surface area contributed by atoms with E-state index in [2.05, 4.69) is 17.1 Å². The van der Waals surface area contributed by atoms with E-state index in [0.717, 1.165) is 5.75 Å². The SMILES string of the molecule is C1=C(SCc2cccnc2)CCCC1. The van der Waals surface area contributed by atoms with Crippen LogP contribution < -0.4 is 0 Å². The molecule has 1 heterocycles. The molecule has 74 valence electrons. The van der Waals surface area contributed by atoms with E-state index in [-0.39, 0.29) is 0 Å². The van der Waals surface area contributed by atoms with Gasteiger partial charge >= 0.3 is 0 Å². The van der Waals surface area contributed by atoms with Gasteiger partial charge in [0.1, 0.15) is 0 Å². The zero-order valence-corrected chi connectivity index (χ0v) is 9.09. The van der Waals surface area contributed by atoms with Crippen molar-refractivity contribution < 1.29 is 0 Å². The van der Waals surface area contributed by atoms with Crippen LogP contribution in [-0.4, -0.2) is 4.98 Å². The first-order valence-corrected chi connectivity index (χ1v) is 6.14. The van der Waals surface area contributed by atoms with Gasteiger partial charge in [-0.1, -0.05) is 12.1 Å². The van der Waals surface area contributed by atoms with Gasteiger partial charge in [0.2, 0.25) is 0 Å². The minimum absolute atomic E-state index is 1.07. The van der Waals surface area contributed by atoms with Crippen molar-refractivity contribution in [3.63, 3.8) is 0 Å². The van der Waals surface area contributed by atoms with Crippen molar-refractivity contribution in [1.82, 2.24) is 4.98 Å². The molecule has 0 bridgehead atoms. The molecule has 0 spiro atoms. The number of rotatable bonds is 3. The molecule has 2 heteroatoms. The molecule has 0 fully saturated rings. The highest BCUT2D eigenvalue weighted by Gasteiger charge is 2.03. The van der Waals surface area contributed by atoms with Crippen LogP contribution in [0.2, 0.25) is 0 Å². The van der Waals surface area contributed by atoms with Crippen molar-refractivity contribution >= 4 is 11.8 Å². The highest BCUT2D eigenvalue weighted by atomic mass is 32.2. The highest BCUT2D eigenvalue weighted by molar-refractivity contribution is 8.02. The third-order valence-corrected chi connectivity index (χ3v) is 3.62. The second-order valence-corrected chi connectivity index (χ2v) is 4.67. The molecule has 0 N–H and O–H groups in total. The summed E-state index contributed by atoms with van der Waals surface area (Å²) < 4.78 is 0. The normalized spacial score (nSPS) is 16.4. The molecule has 0 radical (unpaired) electrons. The van der Waals surface area contributed by atoms with Crippen molar-refractivity contribution in [2.24, 2.45) is 0 Å². The van der Waals surface area contributed by atoms with Gasteiger partial charge < -0.3 is 0 Å². The second kappa shape index (κ2) is 5.20. The summed E-state index contributed by atoms with van der Waals surface area (Å²) in [7, 11) is 0. The van der Waals surface area contributed by atoms with Crippen LogP contribution in [0.4, 0.5) is 0 Å². The lowest BCUT2D eigenvalue weighted by atomic mass is 10.1. The zero-order valence-electron chi connectivity index (χ0n) is 8.28. The van der Waals surface area contributed by atoms with Crippen LogP contribution in [-0.2, 0) is 5.75 Å². The molecule has 1 aromatic rings. The molecule has 0 aromatic carbocycles. The van der Waals surface area contributed by atoms with Crippen LogP contribution in [0.15, 0.2) is 35.5 Å². The van der Waals surface area contributed by atoms with Gasteiger partial charge in [-0.05, 0) is 42.2 Å². The molecule has 0 aliphatic heterocycles. The lowest BCUT2D eigenvalue weighted by Crippen LogP contribution is -1.89. The molecule has 1 aliphatic rings. The van der Waals surface area contributed by atoms with Crippen molar-refractivity contribution in [3.8, 4) is 0 Å². The van der Waals surface area contributed by atoms with Gasteiger partial charge in [-0.15, -0.1) is 11.8 Å². The number of nitrogens with zero attached hydrogens (tertiary/aromatic N) is 1. The lowest BCUT2D eigenvalue weighted by Gasteiger charge is -2.11. The lowest BCUT2D eigenvalue weighted by molar-refractivity contribution is 0.723. The summed E-state index contributed by atoms with van der Waals surface area (Å²) in [5, 5.41) is 0. The molecule has 0 amide bonds. The topological polar surface area (TPSA) is 12.9 Å². The molecular formula is C12H15NS. The second-order valence-electron chi connectivity index (χ2n) is 3.57. The fraction of sp³-hybridized carbons (Fsp3) is 0.417. The predicted molar refractivity (Wildman–Crippen MR) is 62.1 cm³/mol. The molecule has 2 rings (SSSR count). The molecule has 0 saturated carbocycles. The van der Waals surface area contributed by atoms with Crippen LogP contribution in [0.1, 0.15) is 31.2 Å². The van der Waals surface area contributed by atoms with Gasteiger partial charge in [-0.3, -0.25) is 4.98 Å². The van der Waals surface area contributed by atoms with Crippen molar-refractivity contribution in [2.45, 2.75) is 31.4 Å². The monoisotopic (exact) mass is 205 g/mol. The number of thioether (sulfide) groups is 1. The Morgan fingerprint density at radius 2 is 2.36 bits per heavy atom. The van der Waals surface area contributed by atoms with Crippen molar-refractivity contribution in [1.29, 1.82) is 0 Å². The Morgan fingerprint density at radius 3 is 3.07 bits per heavy atom. The first kappa shape index (κ1) is 9.78. The van der Waals surface area contributed by atoms with E-state index in [1.165, 1.54) is 31.2 Å².